The molecule has 1 saturated carbocycles. The van der Waals surface area contributed by atoms with E-state index in [1.165, 1.54) is 30.7 Å². The third kappa shape index (κ3) is 4.95. The van der Waals surface area contributed by atoms with Gasteiger partial charge in [-0.3, -0.25) is 15.2 Å². The summed E-state index contributed by atoms with van der Waals surface area (Å²) in [5.74, 6) is -0.351. The quantitative estimate of drug-likeness (QED) is 0.414. The Kier molecular flexibility index (Phi) is 5.74. The van der Waals surface area contributed by atoms with Crippen molar-refractivity contribution in [2.45, 2.75) is 19.4 Å². The number of hydrogen-bond donors (Lipinski definition) is 4. The lowest BCUT2D eigenvalue weighted by Crippen LogP contribution is -2.16. The fraction of sp³-hybridized carbons (Fsp3) is 0.182. The van der Waals surface area contributed by atoms with E-state index in [9.17, 15) is 9.18 Å². The average Bonchev–Trinajstić information content (AvgIpc) is 3.48. The minimum atomic E-state index is -0.331. The van der Waals surface area contributed by atoms with Crippen molar-refractivity contribution in [1.82, 2.24) is 15.5 Å². The topological polar surface area (TPSA) is 130 Å². The molecule has 9 heteroatoms. The molecule has 3 aromatic rings. The second-order valence-corrected chi connectivity index (χ2v) is 7.22. The summed E-state index contributed by atoms with van der Waals surface area (Å²) in [5.41, 5.74) is 8.57. The third-order valence-electron chi connectivity index (χ3n) is 4.85. The molecule has 4 rings (SSSR count). The Balaban J connectivity index is 1.52. The summed E-state index contributed by atoms with van der Waals surface area (Å²) < 4.78 is 18.9. The number of pyridine rings is 1. The molecule has 2 heterocycles. The van der Waals surface area contributed by atoms with Crippen molar-refractivity contribution < 1.29 is 13.7 Å². The number of nitrogens with zero attached hydrogens (tertiary/aromatic N) is 2. The molecule has 31 heavy (non-hydrogen) atoms. The summed E-state index contributed by atoms with van der Waals surface area (Å²) in [6.07, 6.45) is 6.14. The molecule has 1 aliphatic carbocycles. The van der Waals surface area contributed by atoms with Crippen LogP contribution in [0.2, 0.25) is 0 Å². The maximum atomic E-state index is 13.9. The molecule has 158 valence electrons. The van der Waals surface area contributed by atoms with Gasteiger partial charge in [-0.1, -0.05) is 23.4 Å². The molecule has 1 aromatic carbocycles. The monoisotopic (exact) mass is 420 g/mol. The molecule has 1 fully saturated rings. The average molecular weight is 420 g/mol. The van der Waals surface area contributed by atoms with Crippen LogP contribution in [-0.2, 0) is 11.3 Å². The molecule has 0 aliphatic heterocycles. The van der Waals surface area contributed by atoms with Crippen molar-refractivity contribution >= 4 is 28.7 Å². The van der Waals surface area contributed by atoms with Gasteiger partial charge in [-0.25, -0.2) is 4.39 Å². The zero-order valence-corrected chi connectivity index (χ0v) is 16.6. The van der Waals surface area contributed by atoms with Crippen LogP contribution >= 0.6 is 0 Å². The van der Waals surface area contributed by atoms with E-state index >= 15 is 0 Å². The van der Waals surface area contributed by atoms with Crippen molar-refractivity contribution in [3.8, 4) is 0 Å². The van der Waals surface area contributed by atoms with Crippen LogP contribution < -0.4 is 16.4 Å². The molecule has 0 atom stereocenters. The summed E-state index contributed by atoms with van der Waals surface area (Å²) in [5, 5.41) is 18.2. The van der Waals surface area contributed by atoms with Crippen molar-refractivity contribution in [3.05, 3.63) is 77.7 Å². The minimum absolute atomic E-state index is 0.0471. The number of rotatable bonds is 8. The summed E-state index contributed by atoms with van der Waals surface area (Å²) in [4.78, 5) is 16.2. The van der Waals surface area contributed by atoms with Gasteiger partial charge in [-0.05, 0) is 31.1 Å². The van der Waals surface area contributed by atoms with Crippen LogP contribution in [0.5, 0.6) is 0 Å². The number of benzene rings is 1. The van der Waals surface area contributed by atoms with E-state index in [0.29, 0.717) is 34.0 Å². The number of anilines is 2. The molecule has 0 radical (unpaired) electrons. The van der Waals surface area contributed by atoms with Crippen molar-refractivity contribution in [1.29, 1.82) is 5.41 Å². The fourth-order valence-electron chi connectivity index (χ4n) is 2.92. The molecule has 5 N–H and O–H groups in total. The van der Waals surface area contributed by atoms with Crippen LogP contribution in [0.1, 0.15) is 29.8 Å². The van der Waals surface area contributed by atoms with E-state index in [-0.39, 0.29) is 29.9 Å². The molecule has 1 aliphatic rings. The Morgan fingerprint density at radius 2 is 2.10 bits per heavy atom. The molecule has 0 unspecified atom stereocenters. The Morgan fingerprint density at radius 3 is 2.77 bits per heavy atom. The number of hydrogen-bond acceptors (Lipinski definition) is 7. The first-order chi connectivity index (χ1) is 15.0. The molecule has 0 spiro atoms. The summed E-state index contributed by atoms with van der Waals surface area (Å²) in [7, 11) is 0. The van der Waals surface area contributed by atoms with Crippen molar-refractivity contribution in [3.63, 3.8) is 0 Å². The highest BCUT2D eigenvalue weighted by molar-refractivity contribution is 6.09. The van der Waals surface area contributed by atoms with E-state index in [0.717, 1.165) is 12.8 Å². The van der Waals surface area contributed by atoms with Gasteiger partial charge in [-0.2, -0.15) is 0 Å². The van der Waals surface area contributed by atoms with E-state index in [2.05, 4.69) is 20.8 Å². The van der Waals surface area contributed by atoms with Crippen molar-refractivity contribution in [2.75, 3.05) is 11.1 Å². The zero-order valence-electron chi connectivity index (χ0n) is 16.6. The fourth-order valence-corrected chi connectivity index (χ4v) is 2.92. The van der Waals surface area contributed by atoms with Crippen molar-refractivity contribution in [2.24, 2.45) is 5.92 Å². The number of halogens is 1. The predicted molar refractivity (Wildman–Crippen MR) is 115 cm³/mol. The summed E-state index contributed by atoms with van der Waals surface area (Å²) in [6.45, 7) is 0.195. The SMILES string of the molecule is N=C(/C=C(\NCc1ccccc1F)c1ccon1)c1cc(N)c(NC(=O)C2CC2)cn1. The largest absolute Gasteiger partial charge is 0.397 e. The van der Waals surface area contributed by atoms with Gasteiger partial charge in [0.15, 0.2) is 0 Å². The molecule has 1 amide bonds. The maximum absolute atomic E-state index is 13.9. The smallest absolute Gasteiger partial charge is 0.227 e. The van der Waals surface area contributed by atoms with E-state index in [4.69, 9.17) is 15.7 Å². The number of carbonyl (C=O) groups is 1. The molecular formula is C22H21FN6O2. The first-order valence-electron chi connectivity index (χ1n) is 9.76. The van der Waals surface area contributed by atoms with Crippen LogP contribution in [-0.4, -0.2) is 21.8 Å². The van der Waals surface area contributed by atoms with Crippen LogP contribution in [0.15, 0.2) is 59.5 Å². The first kappa shape index (κ1) is 20.3. The lowest BCUT2D eigenvalue weighted by atomic mass is 10.1. The normalized spacial score (nSPS) is 13.6. The van der Waals surface area contributed by atoms with Gasteiger partial charge in [0.05, 0.1) is 34.7 Å². The van der Waals surface area contributed by atoms with E-state index < -0.39 is 0 Å². The molecule has 0 bridgehead atoms. The summed E-state index contributed by atoms with van der Waals surface area (Å²) >= 11 is 0. The van der Waals surface area contributed by atoms with Crippen LogP contribution in [0.25, 0.3) is 5.70 Å². The predicted octanol–water partition coefficient (Wildman–Crippen LogP) is 3.34. The highest BCUT2D eigenvalue weighted by atomic mass is 19.1. The lowest BCUT2D eigenvalue weighted by Gasteiger charge is -2.11. The van der Waals surface area contributed by atoms with Crippen LogP contribution in [0.3, 0.4) is 0 Å². The third-order valence-corrected chi connectivity index (χ3v) is 4.85. The number of nitrogen functional groups attached to an aromatic ring is 1. The number of carbonyl (C=O) groups excluding carboxylic acids is 1. The highest BCUT2D eigenvalue weighted by Crippen LogP contribution is 2.31. The first-order valence-corrected chi connectivity index (χ1v) is 9.76. The molecular weight excluding hydrogens is 399 g/mol. The standard InChI is InChI=1S/C22H21FN6O2/c23-15-4-2-1-3-14(15)11-26-20(18-7-8-31-29-18)10-16(24)19-9-17(25)21(12-27-19)28-22(30)13-5-6-13/h1-4,7-10,12-13,24,26H,5-6,11H2,(H2,25,27)(H,28,30)/b20-10-,24-16?. The lowest BCUT2D eigenvalue weighted by molar-refractivity contribution is -0.117. The Bertz CT molecular complexity index is 1140. The maximum Gasteiger partial charge on any atom is 0.227 e. The number of aromatic nitrogens is 2. The molecule has 0 saturated heterocycles. The van der Waals surface area contributed by atoms with Gasteiger partial charge in [-0.15, -0.1) is 0 Å². The molecule has 8 nitrogen and oxygen atoms in total. The highest BCUT2D eigenvalue weighted by Gasteiger charge is 2.30. The number of nitrogens with two attached hydrogens (primary N) is 1. The van der Waals surface area contributed by atoms with E-state index in [1.54, 1.807) is 24.3 Å². The van der Waals surface area contributed by atoms with Gasteiger partial charge in [0.25, 0.3) is 0 Å². The summed E-state index contributed by atoms with van der Waals surface area (Å²) in [6, 6.07) is 9.58. The molecule has 2 aromatic heterocycles. The minimum Gasteiger partial charge on any atom is -0.397 e. The second kappa shape index (κ2) is 8.78. The number of allylic oxidation sites excluding steroid dienone is 1. The Labute approximate surface area is 177 Å². The van der Waals surface area contributed by atoms with Gasteiger partial charge in [0, 0.05) is 24.1 Å². The number of nitrogens with one attached hydrogen (secondary N) is 3. The van der Waals surface area contributed by atoms with Gasteiger partial charge >= 0.3 is 0 Å². The zero-order chi connectivity index (χ0) is 21.8. The Morgan fingerprint density at radius 1 is 1.29 bits per heavy atom. The van der Waals surface area contributed by atoms with Crippen LogP contribution in [0, 0.1) is 17.1 Å². The van der Waals surface area contributed by atoms with E-state index in [1.807, 2.05) is 0 Å². The number of amides is 1. The van der Waals surface area contributed by atoms with Gasteiger partial charge < -0.3 is 20.9 Å². The van der Waals surface area contributed by atoms with Gasteiger partial charge in [0.1, 0.15) is 17.8 Å². The Hall–Kier alpha value is -4.01. The second-order valence-electron chi connectivity index (χ2n) is 7.22. The van der Waals surface area contributed by atoms with Crippen LogP contribution in [0.4, 0.5) is 15.8 Å². The van der Waals surface area contributed by atoms with Gasteiger partial charge in [0.2, 0.25) is 5.91 Å².